The maximum atomic E-state index is 12.8. The summed E-state index contributed by atoms with van der Waals surface area (Å²) in [6.45, 7) is 0. The smallest absolute Gasteiger partial charge is 0.320 e. The van der Waals surface area contributed by atoms with Crippen molar-refractivity contribution in [3.8, 4) is 22.4 Å². The third-order valence-electron chi connectivity index (χ3n) is 4.65. The van der Waals surface area contributed by atoms with E-state index in [-0.39, 0.29) is 5.56 Å². The highest BCUT2D eigenvalue weighted by Crippen LogP contribution is 2.31. The van der Waals surface area contributed by atoms with E-state index in [0.717, 1.165) is 41.0 Å². The van der Waals surface area contributed by atoms with Crippen molar-refractivity contribution in [2.24, 2.45) is 0 Å². The summed E-state index contributed by atoms with van der Waals surface area (Å²) in [6, 6.07) is 18.8. The standard InChI is InChI=1S/C24H16F3N3O/c25-24(26,27)20-10-8-17(9-11-20)23(31)30-21-13-19(18-7-4-12-28-14-18)15-29-22(21)16-5-2-1-3-6-16/h1-15H,(H,30,31). The Morgan fingerprint density at radius 1 is 0.806 bits per heavy atom. The molecule has 0 saturated carbocycles. The van der Waals surface area contributed by atoms with Crippen LogP contribution in [0.25, 0.3) is 22.4 Å². The van der Waals surface area contributed by atoms with Crippen molar-refractivity contribution >= 4 is 11.6 Å². The average molecular weight is 419 g/mol. The van der Waals surface area contributed by atoms with Gasteiger partial charge in [-0.3, -0.25) is 14.8 Å². The maximum absolute atomic E-state index is 12.8. The molecule has 1 amide bonds. The van der Waals surface area contributed by atoms with Crippen LogP contribution >= 0.6 is 0 Å². The predicted octanol–water partition coefficient (Wildman–Crippen LogP) is 6.08. The zero-order chi connectivity index (χ0) is 21.8. The van der Waals surface area contributed by atoms with Crippen LogP contribution in [0.5, 0.6) is 0 Å². The Labute approximate surface area is 176 Å². The van der Waals surface area contributed by atoms with E-state index in [1.54, 1.807) is 30.7 Å². The molecule has 0 aliphatic rings. The van der Waals surface area contributed by atoms with Crippen LogP contribution in [0, 0.1) is 0 Å². The molecule has 0 unspecified atom stereocenters. The number of nitrogens with one attached hydrogen (secondary N) is 1. The molecule has 0 fully saturated rings. The molecule has 2 aromatic heterocycles. The highest BCUT2D eigenvalue weighted by Gasteiger charge is 2.30. The number of hydrogen-bond acceptors (Lipinski definition) is 3. The Morgan fingerprint density at radius 2 is 1.52 bits per heavy atom. The molecular weight excluding hydrogens is 403 g/mol. The molecule has 0 radical (unpaired) electrons. The summed E-state index contributed by atoms with van der Waals surface area (Å²) < 4.78 is 38.4. The topological polar surface area (TPSA) is 54.9 Å². The van der Waals surface area contributed by atoms with Gasteiger partial charge in [-0.1, -0.05) is 36.4 Å². The summed E-state index contributed by atoms with van der Waals surface area (Å²) in [7, 11) is 0. The molecule has 0 saturated heterocycles. The Kier molecular flexibility index (Phi) is 5.49. The van der Waals surface area contributed by atoms with E-state index in [0.29, 0.717) is 11.4 Å². The SMILES string of the molecule is O=C(Nc1cc(-c2cccnc2)cnc1-c1ccccc1)c1ccc(C(F)(F)F)cc1. The number of amides is 1. The molecule has 7 heteroatoms. The Balaban J connectivity index is 1.70. The van der Waals surface area contributed by atoms with Crippen molar-refractivity contribution in [3.05, 3.63) is 103 Å². The third-order valence-corrected chi connectivity index (χ3v) is 4.65. The van der Waals surface area contributed by atoms with Crippen LogP contribution in [0.3, 0.4) is 0 Å². The van der Waals surface area contributed by atoms with Gasteiger partial charge in [0.1, 0.15) is 0 Å². The van der Waals surface area contributed by atoms with E-state index < -0.39 is 17.6 Å². The fourth-order valence-corrected chi connectivity index (χ4v) is 3.08. The molecule has 2 heterocycles. The number of rotatable bonds is 4. The highest BCUT2D eigenvalue weighted by molar-refractivity contribution is 6.06. The first-order valence-electron chi connectivity index (χ1n) is 9.36. The zero-order valence-electron chi connectivity index (χ0n) is 16.1. The van der Waals surface area contributed by atoms with Crippen LogP contribution in [0.1, 0.15) is 15.9 Å². The van der Waals surface area contributed by atoms with Gasteiger partial charge in [0, 0.05) is 40.8 Å². The highest BCUT2D eigenvalue weighted by atomic mass is 19.4. The van der Waals surface area contributed by atoms with E-state index in [2.05, 4.69) is 15.3 Å². The van der Waals surface area contributed by atoms with Gasteiger partial charge in [0.2, 0.25) is 0 Å². The summed E-state index contributed by atoms with van der Waals surface area (Å²) in [5.74, 6) is -0.531. The van der Waals surface area contributed by atoms with Crippen molar-refractivity contribution in [1.29, 1.82) is 0 Å². The van der Waals surface area contributed by atoms with Crippen molar-refractivity contribution in [1.82, 2.24) is 9.97 Å². The molecule has 4 aromatic rings. The second-order valence-corrected chi connectivity index (χ2v) is 6.76. The number of carbonyl (C=O) groups excluding carboxylic acids is 1. The van der Waals surface area contributed by atoms with Crippen LogP contribution in [-0.4, -0.2) is 15.9 Å². The number of alkyl halides is 3. The number of pyridine rings is 2. The Bertz CT molecular complexity index is 1190. The van der Waals surface area contributed by atoms with Gasteiger partial charge in [-0.05, 0) is 36.4 Å². The lowest BCUT2D eigenvalue weighted by Gasteiger charge is -2.13. The first kappa shape index (κ1) is 20.3. The first-order valence-corrected chi connectivity index (χ1v) is 9.36. The number of anilines is 1. The largest absolute Gasteiger partial charge is 0.416 e. The van der Waals surface area contributed by atoms with Crippen LogP contribution in [0.4, 0.5) is 18.9 Å². The number of carbonyl (C=O) groups is 1. The van der Waals surface area contributed by atoms with E-state index in [4.69, 9.17) is 0 Å². The minimum Gasteiger partial charge on any atom is -0.320 e. The third kappa shape index (κ3) is 4.61. The second-order valence-electron chi connectivity index (χ2n) is 6.76. The van der Waals surface area contributed by atoms with Crippen molar-refractivity contribution in [2.75, 3.05) is 5.32 Å². The second kappa shape index (κ2) is 8.39. The lowest BCUT2D eigenvalue weighted by atomic mass is 10.0. The summed E-state index contributed by atoms with van der Waals surface area (Å²) in [5, 5.41) is 2.79. The van der Waals surface area contributed by atoms with Crippen LogP contribution < -0.4 is 5.32 Å². The van der Waals surface area contributed by atoms with Crippen LogP contribution in [0.2, 0.25) is 0 Å². The lowest BCUT2D eigenvalue weighted by Crippen LogP contribution is -2.14. The fraction of sp³-hybridized carbons (Fsp3) is 0.0417. The van der Waals surface area contributed by atoms with Crippen LogP contribution in [-0.2, 0) is 6.18 Å². The van der Waals surface area contributed by atoms with E-state index in [1.807, 2.05) is 36.4 Å². The predicted molar refractivity (Wildman–Crippen MR) is 112 cm³/mol. The van der Waals surface area contributed by atoms with Gasteiger partial charge in [0.25, 0.3) is 5.91 Å². The summed E-state index contributed by atoms with van der Waals surface area (Å²) in [5.41, 5.74) is 2.65. The molecule has 0 atom stereocenters. The van der Waals surface area contributed by atoms with Crippen LogP contribution in [0.15, 0.2) is 91.4 Å². The summed E-state index contributed by atoms with van der Waals surface area (Å²) >= 11 is 0. The quantitative estimate of drug-likeness (QED) is 0.436. The zero-order valence-corrected chi connectivity index (χ0v) is 16.1. The average Bonchev–Trinajstić information content (AvgIpc) is 2.80. The molecule has 0 aliphatic heterocycles. The molecule has 0 spiro atoms. The summed E-state index contributed by atoms with van der Waals surface area (Å²) in [6.07, 6.45) is 0.563. The summed E-state index contributed by atoms with van der Waals surface area (Å²) in [4.78, 5) is 21.4. The van der Waals surface area contributed by atoms with Gasteiger partial charge in [-0.15, -0.1) is 0 Å². The minimum atomic E-state index is -4.46. The first-order chi connectivity index (χ1) is 14.9. The van der Waals surface area contributed by atoms with Crippen molar-refractivity contribution in [2.45, 2.75) is 6.18 Å². The molecule has 0 aliphatic carbocycles. The lowest BCUT2D eigenvalue weighted by molar-refractivity contribution is -0.137. The number of halogens is 3. The molecule has 4 nitrogen and oxygen atoms in total. The number of nitrogens with zero attached hydrogens (tertiary/aromatic N) is 2. The normalized spacial score (nSPS) is 11.2. The number of aromatic nitrogens is 2. The maximum Gasteiger partial charge on any atom is 0.416 e. The Morgan fingerprint density at radius 3 is 2.16 bits per heavy atom. The molecule has 0 bridgehead atoms. The van der Waals surface area contributed by atoms with Gasteiger partial charge in [0.05, 0.1) is 16.9 Å². The molecule has 1 N–H and O–H groups in total. The minimum absolute atomic E-state index is 0.110. The van der Waals surface area contributed by atoms with Gasteiger partial charge >= 0.3 is 6.18 Å². The van der Waals surface area contributed by atoms with Crippen molar-refractivity contribution < 1.29 is 18.0 Å². The molecular formula is C24H16F3N3O. The molecule has 4 rings (SSSR count). The van der Waals surface area contributed by atoms with Gasteiger partial charge in [-0.2, -0.15) is 13.2 Å². The number of benzene rings is 2. The van der Waals surface area contributed by atoms with Gasteiger partial charge in [0.15, 0.2) is 0 Å². The van der Waals surface area contributed by atoms with E-state index >= 15 is 0 Å². The number of hydrogen-bond donors (Lipinski definition) is 1. The molecule has 2 aromatic carbocycles. The van der Waals surface area contributed by atoms with Crippen molar-refractivity contribution in [3.63, 3.8) is 0 Å². The Hall–Kier alpha value is -4.00. The van der Waals surface area contributed by atoms with E-state index in [1.165, 1.54) is 0 Å². The van der Waals surface area contributed by atoms with Gasteiger partial charge in [-0.25, -0.2) is 0 Å². The fourth-order valence-electron chi connectivity index (χ4n) is 3.08. The van der Waals surface area contributed by atoms with E-state index in [9.17, 15) is 18.0 Å². The monoisotopic (exact) mass is 419 g/mol. The molecule has 31 heavy (non-hydrogen) atoms. The molecule has 154 valence electrons. The van der Waals surface area contributed by atoms with Gasteiger partial charge < -0.3 is 5.32 Å².